The molecule has 1 saturated heterocycles. The molecule has 2 aliphatic rings. The molecular formula is C14H25ClN4O2. The number of nitrogens with one attached hydrogen (secondary N) is 1. The number of aromatic nitrogens is 2. The summed E-state index contributed by atoms with van der Waals surface area (Å²) in [7, 11) is 3.86. The molecule has 0 bridgehead atoms. The Morgan fingerprint density at radius 3 is 2.90 bits per heavy atom. The van der Waals surface area contributed by atoms with Gasteiger partial charge < -0.3 is 14.6 Å². The van der Waals surface area contributed by atoms with E-state index in [2.05, 4.69) is 22.4 Å². The minimum atomic E-state index is 0. The van der Waals surface area contributed by atoms with E-state index >= 15 is 0 Å². The molecule has 21 heavy (non-hydrogen) atoms. The van der Waals surface area contributed by atoms with E-state index < -0.39 is 0 Å². The van der Waals surface area contributed by atoms with Crippen molar-refractivity contribution >= 4 is 12.4 Å². The Kier molecular flexibility index (Phi) is 5.60. The number of methoxy groups -OCH3 is 1. The topological polar surface area (TPSA) is 63.4 Å². The fraction of sp³-hybridized carbons (Fsp3) is 0.857. The van der Waals surface area contributed by atoms with Crippen LogP contribution in [0.4, 0.5) is 0 Å². The van der Waals surface area contributed by atoms with E-state index in [-0.39, 0.29) is 23.9 Å². The van der Waals surface area contributed by atoms with Crippen LogP contribution in [-0.2, 0) is 10.2 Å². The summed E-state index contributed by atoms with van der Waals surface area (Å²) in [5, 5.41) is 7.63. The Morgan fingerprint density at radius 1 is 1.48 bits per heavy atom. The first-order valence-corrected chi connectivity index (χ1v) is 7.49. The van der Waals surface area contributed by atoms with Crippen molar-refractivity contribution in [2.24, 2.45) is 0 Å². The Labute approximate surface area is 132 Å². The van der Waals surface area contributed by atoms with Crippen LogP contribution in [0.15, 0.2) is 4.52 Å². The third kappa shape index (κ3) is 3.23. The zero-order chi connectivity index (χ0) is 14.0. The highest BCUT2D eigenvalue weighted by atomic mass is 35.5. The van der Waals surface area contributed by atoms with Crippen molar-refractivity contribution in [2.45, 2.75) is 37.1 Å². The summed E-state index contributed by atoms with van der Waals surface area (Å²) >= 11 is 0. The maximum absolute atomic E-state index is 5.60. The molecule has 1 aromatic rings. The minimum absolute atomic E-state index is 0. The van der Waals surface area contributed by atoms with Gasteiger partial charge in [-0.25, -0.2) is 0 Å². The van der Waals surface area contributed by atoms with Crippen LogP contribution in [-0.4, -0.2) is 55.4 Å². The van der Waals surface area contributed by atoms with Crippen LogP contribution in [0, 0.1) is 0 Å². The highest BCUT2D eigenvalue weighted by Crippen LogP contribution is 2.45. The lowest BCUT2D eigenvalue weighted by molar-refractivity contribution is 0.104. The Bertz CT molecular complexity index is 450. The van der Waals surface area contributed by atoms with E-state index in [0.29, 0.717) is 0 Å². The number of halogens is 1. The van der Waals surface area contributed by atoms with Crippen molar-refractivity contribution in [3.63, 3.8) is 0 Å². The first-order valence-electron chi connectivity index (χ1n) is 7.49. The second-order valence-corrected chi connectivity index (χ2v) is 6.03. The van der Waals surface area contributed by atoms with Crippen molar-refractivity contribution in [1.82, 2.24) is 20.4 Å². The lowest BCUT2D eigenvalue weighted by Crippen LogP contribution is -2.44. The lowest BCUT2D eigenvalue weighted by Gasteiger charge is -2.38. The summed E-state index contributed by atoms with van der Waals surface area (Å²) in [6.07, 6.45) is 4.49. The monoisotopic (exact) mass is 316 g/mol. The molecule has 0 amide bonds. The Hall–Kier alpha value is -0.690. The first-order chi connectivity index (χ1) is 9.75. The largest absolute Gasteiger partial charge is 0.385 e. The van der Waals surface area contributed by atoms with E-state index in [4.69, 9.17) is 14.2 Å². The number of ether oxygens (including phenoxy) is 1. The summed E-state index contributed by atoms with van der Waals surface area (Å²) in [6, 6.07) is 0.223. The number of hydrogen-bond donors (Lipinski definition) is 1. The highest BCUT2D eigenvalue weighted by Gasteiger charge is 2.43. The molecule has 1 aliphatic heterocycles. The van der Waals surface area contributed by atoms with Crippen LogP contribution >= 0.6 is 12.4 Å². The predicted octanol–water partition coefficient (Wildman–Crippen LogP) is 1.53. The molecule has 1 aliphatic carbocycles. The molecule has 1 unspecified atom stereocenters. The molecule has 0 aromatic carbocycles. The number of nitrogens with zero attached hydrogens (tertiary/aromatic N) is 3. The van der Waals surface area contributed by atoms with Gasteiger partial charge in [-0.3, -0.25) is 4.90 Å². The van der Waals surface area contributed by atoms with Crippen molar-refractivity contribution in [1.29, 1.82) is 0 Å². The maximum atomic E-state index is 5.60. The number of piperazine rings is 1. The molecule has 1 N–H and O–H groups in total. The van der Waals surface area contributed by atoms with Gasteiger partial charge in [0, 0.05) is 33.4 Å². The zero-order valence-electron chi connectivity index (χ0n) is 12.8. The average Bonchev–Trinajstić information content (AvgIpc) is 2.88. The molecule has 0 spiro atoms. The molecule has 120 valence electrons. The van der Waals surface area contributed by atoms with Crippen LogP contribution in [0.2, 0.25) is 0 Å². The van der Waals surface area contributed by atoms with Crippen LogP contribution in [0.1, 0.15) is 43.4 Å². The molecule has 6 nitrogen and oxygen atoms in total. The van der Waals surface area contributed by atoms with Crippen LogP contribution in [0.25, 0.3) is 0 Å². The van der Waals surface area contributed by atoms with Gasteiger partial charge in [-0.15, -0.1) is 12.4 Å². The minimum Gasteiger partial charge on any atom is -0.385 e. The summed E-state index contributed by atoms with van der Waals surface area (Å²) in [5.74, 6) is 1.63. The van der Waals surface area contributed by atoms with Gasteiger partial charge in [0.05, 0.1) is 11.5 Å². The molecule has 2 heterocycles. The molecule has 7 heteroatoms. The van der Waals surface area contributed by atoms with E-state index in [0.717, 1.165) is 57.2 Å². The van der Waals surface area contributed by atoms with E-state index in [9.17, 15) is 0 Å². The number of rotatable bonds is 5. The molecule has 0 radical (unpaired) electrons. The second kappa shape index (κ2) is 7.05. The van der Waals surface area contributed by atoms with Crippen molar-refractivity contribution in [2.75, 3.05) is 40.4 Å². The molecular weight excluding hydrogens is 292 g/mol. The van der Waals surface area contributed by atoms with Gasteiger partial charge in [-0.2, -0.15) is 4.98 Å². The second-order valence-electron chi connectivity index (χ2n) is 6.03. The van der Waals surface area contributed by atoms with E-state index in [1.807, 2.05) is 0 Å². The van der Waals surface area contributed by atoms with Gasteiger partial charge in [0.15, 0.2) is 5.82 Å². The van der Waals surface area contributed by atoms with Crippen LogP contribution in [0.3, 0.4) is 0 Å². The summed E-state index contributed by atoms with van der Waals surface area (Å²) in [4.78, 5) is 7.00. The van der Waals surface area contributed by atoms with Crippen molar-refractivity contribution < 1.29 is 9.26 Å². The quantitative estimate of drug-likeness (QED) is 0.889. The highest BCUT2D eigenvalue weighted by molar-refractivity contribution is 5.85. The summed E-state index contributed by atoms with van der Waals surface area (Å²) in [5.41, 5.74) is 0.0714. The molecule has 1 aromatic heterocycles. The summed E-state index contributed by atoms with van der Waals surface area (Å²) in [6.45, 7) is 3.68. The Balaban J connectivity index is 0.00000161. The van der Waals surface area contributed by atoms with Gasteiger partial charge in [-0.05, 0) is 26.3 Å². The number of hydrogen-bond acceptors (Lipinski definition) is 6. The number of likely N-dealkylation sites (N-methyl/N-ethyl adjacent to an activating group) is 1. The SMILES string of the molecule is COCCC1(c2nc(C3CNCCN3C)no2)CCC1.Cl. The third-order valence-electron chi connectivity index (χ3n) is 4.80. The van der Waals surface area contributed by atoms with E-state index in [1.165, 1.54) is 6.42 Å². The van der Waals surface area contributed by atoms with Gasteiger partial charge in [0.1, 0.15) is 0 Å². The zero-order valence-corrected chi connectivity index (χ0v) is 13.6. The van der Waals surface area contributed by atoms with Crippen molar-refractivity contribution in [3.8, 4) is 0 Å². The van der Waals surface area contributed by atoms with Crippen molar-refractivity contribution in [3.05, 3.63) is 11.7 Å². The van der Waals surface area contributed by atoms with Gasteiger partial charge >= 0.3 is 0 Å². The van der Waals surface area contributed by atoms with Crippen LogP contribution in [0.5, 0.6) is 0 Å². The maximum Gasteiger partial charge on any atom is 0.233 e. The Morgan fingerprint density at radius 2 is 2.29 bits per heavy atom. The van der Waals surface area contributed by atoms with Crippen LogP contribution < -0.4 is 5.32 Å². The molecule has 1 saturated carbocycles. The fourth-order valence-electron chi connectivity index (χ4n) is 3.15. The van der Waals surface area contributed by atoms with Gasteiger partial charge in [0.25, 0.3) is 0 Å². The molecule has 1 atom stereocenters. The standard InChI is InChI=1S/C14H24N4O2.ClH/c1-18-8-7-15-10-11(18)12-16-13(20-17-12)14(4-3-5-14)6-9-19-2;/h11,15H,3-10H2,1-2H3;1H. The third-order valence-corrected chi connectivity index (χ3v) is 4.80. The average molecular weight is 317 g/mol. The molecule has 2 fully saturated rings. The first kappa shape index (κ1) is 16.7. The summed E-state index contributed by atoms with van der Waals surface area (Å²) < 4.78 is 10.8. The predicted molar refractivity (Wildman–Crippen MR) is 81.8 cm³/mol. The van der Waals surface area contributed by atoms with Gasteiger partial charge in [-0.1, -0.05) is 11.6 Å². The molecule has 3 rings (SSSR count). The van der Waals surface area contributed by atoms with Gasteiger partial charge in [0.2, 0.25) is 5.89 Å². The lowest BCUT2D eigenvalue weighted by atomic mass is 9.66. The normalized spacial score (nSPS) is 25.1. The van der Waals surface area contributed by atoms with E-state index in [1.54, 1.807) is 7.11 Å². The fourth-order valence-corrected chi connectivity index (χ4v) is 3.15. The smallest absolute Gasteiger partial charge is 0.233 e.